The highest BCUT2D eigenvalue weighted by Gasteiger charge is 2.51. The summed E-state index contributed by atoms with van der Waals surface area (Å²) in [7, 11) is 0. The normalized spacial score (nSPS) is 28.1. The molecule has 3 aliphatic rings. The maximum Gasteiger partial charge on any atom is 0.303 e. The number of benzene rings is 1. The van der Waals surface area contributed by atoms with Crippen LogP contribution in [-0.4, -0.2) is 67.4 Å². The third-order valence-corrected chi connectivity index (χ3v) is 5.36. The fourth-order valence-electron chi connectivity index (χ4n) is 4.05. The zero-order chi connectivity index (χ0) is 17.9. The average molecular weight is 363 g/mol. The molecule has 2 unspecified atom stereocenters. The summed E-state index contributed by atoms with van der Waals surface area (Å²) in [4.78, 5) is 13.3. The van der Waals surface area contributed by atoms with Gasteiger partial charge in [-0.1, -0.05) is 0 Å². The van der Waals surface area contributed by atoms with Crippen molar-refractivity contribution in [3.05, 3.63) is 24.3 Å². The molecule has 1 aromatic rings. The number of fused-ring (bicyclic) bond motifs is 3. The molecule has 0 aromatic heterocycles. The summed E-state index contributed by atoms with van der Waals surface area (Å²) < 4.78 is 11.5. The Bertz CT molecular complexity index is 588. The molecule has 0 radical (unpaired) electrons. The molecule has 3 fully saturated rings. The highest BCUT2D eigenvalue weighted by Crippen LogP contribution is 2.40. The Kier molecular flexibility index (Phi) is 6.95. The summed E-state index contributed by atoms with van der Waals surface area (Å²) in [5.74, 6) is 0.686. The quantitative estimate of drug-likeness (QED) is 0.670. The molecule has 26 heavy (non-hydrogen) atoms. The molecule has 2 bridgehead atoms. The number of nitrogens with zero attached hydrogens (tertiary/aromatic N) is 1. The molecule has 3 aliphatic heterocycles. The molecule has 144 valence electrons. The number of carbonyl (C=O) groups is 1. The molecule has 1 aromatic carbocycles. The van der Waals surface area contributed by atoms with Gasteiger partial charge in [0.15, 0.2) is 0 Å². The van der Waals surface area contributed by atoms with Gasteiger partial charge in [0.05, 0.1) is 15.0 Å². The smallest absolute Gasteiger partial charge is 0.303 e. The van der Waals surface area contributed by atoms with Crippen molar-refractivity contribution in [1.29, 1.82) is 0 Å². The Morgan fingerprint density at radius 3 is 2.38 bits per heavy atom. The van der Waals surface area contributed by atoms with E-state index >= 15 is 0 Å². The summed E-state index contributed by atoms with van der Waals surface area (Å²) in [6.45, 7) is 5.08. The van der Waals surface area contributed by atoms with Crippen LogP contribution >= 0.6 is 0 Å². The fourth-order valence-corrected chi connectivity index (χ4v) is 4.05. The summed E-state index contributed by atoms with van der Waals surface area (Å²) in [5, 5.41) is 20.4. The SMILES string of the molecule is B.CCOc1ccc(OC(CCC(=O)O)C2(O)CN3CCC2CC3)cc1. The van der Waals surface area contributed by atoms with Crippen LogP contribution in [0.15, 0.2) is 24.3 Å². The van der Waals surface area contributed by atoms with Crippen LogP contribution in [0.4, 0.5) is 0 Å². The third-order valence-electron chi connectivity index (χ3n) is 5.36. The number of ether oxygens (including phenoxy) is 2. The second-order valence-electron chi connectivity index (χ2n) is 6.98. The molecule has 0 spiro atoms. The van der Waals surface area contributed by atoms with Crippen LogP contribution in [-0.2, 0) is 4.79 Å². The molecule has 4 rings (SSSR count). The monoisotopic (exact) mass is 363 g/mol. The lowest BCUT2D eigenvalue weighted by atomic mass is 9.71. The van der Waals surface area contributed by atoms with Crippen LogP contribution < -0.4 is 9.47 Å². The van der Waals surface area contributed by atoms with Gasteiger partial charge in [-0.3, -0.25) is 4.79 Å². The highest BCUT2D eigenvalue weighted by atomic mass is 16.5. The Hall–Kier alpha value is -1.73. The van der Waals surface area contributed by atoms with E-state index < -0.39 is 17.7 Å². The zero-order valence-corrected chi connectivity index (χ0v) is 14.7. The Morgan fingerprint density at radius 2 is 1.88 bits per heavy atom. The van der Waals surface area contributed by atoms with E-state index in [1.54, 1.807) is 0 Å². The fraction of sp³-hybridized carbons (Fsp3) is 0.632. The number of carboxylic acids is 1. The standard InChI is InChI=1S/C19H27NO5.BH3/c1-2-24-15-3-5-16(6-4-15)25-17(7-8-18(21)22)19(23)13-20-11-9-14(19)10-12-20;/h3-6,14,17,23H,2,7-13H2,1H3,(H,21,22);1H3. The van der Waals surface area contributed by atoms with E-state index in [0.29, 0.717) is 25.3 Å². The lowest BCUT2D eigenvalue weighted by molar-refractivity contribution is -0.168. The van der Waals surface area contributed by atoms with Crippen molar-refractivity contribution in [3.8, 4) is 11.5 Å². The lowest BCUT2D eigenvalue weighted by Gasteiger charge is -2.53. The van der Waals surface area contributed by atoms with Gasteiger partial charge in [-0.15, -0.1) is 0 Å². The van der Waals surface area contributed by atoms with E-state index in [0.717, 1.165) is 31.7 Å². The van der Waals surface area contributed by atoms with Crippen molar-refractivity contribution in [2.45, 2.75) is 44.3 Å². The van der Waals surface area contributed by atoms with Gasteiger partial charge in [0.2, 0.25) is 0 Å². The predicted octanol–water partition coefficient (Wildman–Crippen LogP) is 0.970. The maximum atomic E-state index is 11.3. The molecule has 3 saturated heterocycles. The summed E-state index contributed by atoms with van der Waals surface area (Å²) in [5.41, 5.74) is -0.995. The van der Waals surface area contributed by atoms with Crippen LogP contribution in [0, 0.1) is 5.92 Å². The molecule has 7 heteroatoms. The van der Waals surface area contributed by atoms with Gasteiger partial charge in [0.1, 0.15) is 23.2 Å². The lowest BCUT2D eigenvalue weighted by Crippen LogP contribution is -2.65. The van der Waals surface area contributed by atoms with Crippen molar-refractivity contribution in [2.75, 3.05) is 26.2 Å². The topological polar surface area (TPSA) is 79.2 Å². The van der Waals surface area contributed by atoms with Gasteiger partial charge in [-0.05, 0) is 69.5 Å². The number of hydrogen-bond donors (Lipinski definition) is 2. The van der Waals surface area contributed by atoms with Crippen molar-refractivity contribution in [3.63, 3.8) is 0 Å². The van der Waals surface area contributed by atoms with E-state index in [1.165, 1.54) is 0 Å². The number of aliphatic hydroxyl groups is 1. The van der Waals surface area contributed by atoms with Crippen molar-refractivity contribution >= 4 is 14.4 Å². The summed E-state index contributed by atoms with van der Waals surface area (Å²) >= 11 is 0. The molecular formula is C19H30BNO5. The number of piperidine rings is 3. The number of rotatable bonds is 8. The van der Waals surface area contributed by atoms with Crippen LogP contribution in [0.25, 0.3) is 0 Å². The van der Waals surface area contributed by atoms with Crippen LogP contribution in [0.3, 0.4) is 0 Å². The van der Waals surface area contributed by atoms with E-state index in [-0.39, 0.29) is 20.8 Å². The first-order valence-corrected chi connectivity index (χ1v) is 9.07. The minimum absolute atomic E-state index is 0. The van der Waals surface area contributed by atoms with Crippen LogP contribution in [0.5, 0.6) is 11.5 Å². The first kappa shape index (κ1) is 20.6. The van der Waals surface area contributed by atoms with Gasteiger partial charge in [-0.25, -0.2) is 0 Å². The summed E-state index contributed by atoms with van der Waals surface area (Å²) in [6.07, 6.45) is 1.62. The minimum Gasteiger partial charge on any atom is -0.494 e. The summed E-state index contributed by atoms with van der Waals surface area (Å²) in [6, 6.07) is 7.27. The van der Waals surface area contributed by atoms with E-state index in [4.69, 9.17) is 14.6 Å². The van der Waals surface area contributed by atoms with E-state index in [2.05, 4.69) is 4.90 Å². The Morgan fingerprint density at radius 1 is 1.27 bits per heavy atom. The van der Waals surface area contributed by atoms with Gasteiger partial charge in [-0.2, -0.15) is 0 Å². The van der Waals surface area contributed by atoms with Crippen LogP contribution in [0.2, 0.25) is 0 Å². The first-order valence-electron chi connectivity index (χ1n) is 9.07. The van der Waals surface area contributed by atoms with Gasteiger partial charge < -0.3 is 24.6 Å². The Balaban J connectivity index is 0.00000243. The second-order valence-corrected chi connectivity index (χ2v) is 6.98. The molecule has 0 amide bonds. The molecule has 3 heterocycles. The van der Waals surface area contributed by atoms with Crippen molar-refractivity contribution < 1.29 is 24.5 Å². The molecular weight excluding hydrogens is 333 g/mol. The van der Waals surface area contributed by atoms with Gasteiger partial charge >= 0.3 is 5.97 Å². The maximum absolute atomic E-state index is 11.3. The van der Waals surface area contributed by atoms with E-state index in [9.17, 15) is 9.90 Å². The van der Waals surface area contributed by atoms with E-state index in [1.807, 2.05) is 31.2 Å². The molecule has 2 atom stereocenters. The molecule has 2 N–H and O–H groups in total. The zero-order valence-electron chi connectivity index (χ0n) is 14.7. The second kappa shape index (κ2) is 8.78. The third kappa shape index (κ3) is 4.51. The van der Waals surface area contributed by atoms with Gasteiger partial charge in [0.25, 0.3) is 0 Å². The van der Waals surface area contributed by atoms with Crippen molar-refractivity contribution in [1.82, 2.24) is 4.90 Å². The highest BCUT2D eigenvalue weighted by molar-refractivity contribution is 5.75. The molecule has 6 nitrogen and oxygen atoms in total. The number of aliphatic carboxylic acids is 1. The van der Waals surface area contributed by atoms with Gasteiger partial charge in [0, 0.05) is 13.0 Å². The first-order chi connectivity index (χ1) is 12.0. The molecule has 0 saturated carbocycles. The predicted molar refractivity (Wildman–Crippen MR) is 103 cm³/mol. The molecule has 0 aliphatic carbocycles. The minimum atomic E-state index is -0.995. The van der Waals surface area contributed by atoms with Crippen LogP contribution in [0.1, 0.15) is 32.6 Å². The van der Waals surface area contributed by atoms with Crippen molar-refractivity contribution in [2.24, 2.45) is 5.92 Å². The number of carboxylic acid groups (broad SMARTS) is 1. The Labute approximate surface area is 156 Å². The average Bonchev–Trinajstić information content (AvgIpc) is 2.61. The number of hydrogen-bond acceptors (Lipinski definition) is 5. The largest absolute Gasteiger partial charge is 0.494 e.